The first-order chi connectivity index (χ1) is 17.3. The molecule has 3 rings (SSSR count). The van der Waals surface area contributed by atoms with Crippen molar-refractivity contribution in [1.29, 1.82) is 0 Å². The largest absolute Gasteiger partial charge is 0.490 e. The van der Waals surface area contributed by atoms with E-state index in [1.165, 1.54) is 5.56 Å². The number of likely N-dealkylation sites (N-methyl/N-ethyl adjacent to an activating group) is 1. The second-order valence-electron chi connectivity index (χ2n) is 8.99. The van der Waals surface area contributed by atoms with Gasteiger partial charge in [0.05, 0.1) is 11.8 Å². The summed E-state index contributed by atoms with van der Waals surface area (Å²) in [6.45, 7) is 5.60. The van der Waals surface area contributed by atoms with Crippen LogP contribution in [-0.2, 0) is 32.7 Å². The monoisotopic (exact) mass is 563 g/mol. The summed E-state index contributed by atoms with van der Waals surface area (Å²) in [5.41, 5.74) is 1.10. The summed E-state index contributed by atoms with van der Waals surface area (Å²) in [5, 5.41) is 18.5. The van der Waals surface area contributed by atoms with Crippen molar-refractivity contribution in [2.45, 2.75) is 37.3 Å². The average Bonchev–Trinajstić information content (AvgIpc) is 3.20. The van der Waals surface area contributed by atoms with Crippen LogP contribution in [0.2, 0.25) is 0 Å². The van der Waals surface area contributed by atoms with Crippen LogP contribution in [0.3, 0.4) is 0 Å². The third kappa shape index (κ3) is 11.6. The first-order valence-electron chi connectivity index (χ1n) is 11.2. The fourth-order valence-corrected chi connectivity index (χ4v) is 3.55. The lowest BCUT2D eigenvalue weighted by atomic mass is 9.89. The molecule has 1 amide bonds. The Morgan fingerprint density at radius 2 is 1.58 bits per heavy atom. The summed E-state index contributed by atoms with van der Waals surface area (Å²) in [4.78, 5) is 36.4. The van der Waals surface area contributed by atoms with Gasteiger partial charge in [0, 0.05) is 58.1 Å². The number of nitrogens with zero attached hydrogens (tertiary/aromatic N) is 5. The van der Waals surface area contributed by atoms with Gasteiger partial charge in [0.25, 0.3) is 0 Å². The lowest BCUT2D eigenvalue weighted by molar-refractivity contribution is -0.193. The van der Waals surface area contributed by atoms with Crippen molar-refractivity contribution in [2.75, 3.05) is 53.4 Å². The molecular weight excluding hydrogens is 532 g/mol. The number of aliphatic carboxylic acids is 2. The van der Waals surface area contributed by atoms with E-state index in [-0.39, 0.29) is 18.1 Å². The molecule has 218 valence electrons. The quantitative estimate of drug-likeness (QED) is 0.512. The SMILES string of the molecule is CN(C)CCN1CC2(CCN(Cc3cnn(C)c3)CC2)OCC1=O.O=C(O)C(F)(F)F.O=C(O)C(F)(F)F. The zero-order valence-corrected chi connectivity index (χ0v) is 21.0. The van der Waals surface area contributed by atoms with Crippen LogP contribution in [0.4, 0.5) is 26.3 Å². The van der Waals surface area contributed by atoms with Gasteiger partial charge in [-0.05, 0) is 26.9 Å². The van der Waals surface area contributed by atoms with Crippen LogP contribution in [0.15, 0.2) is 12.4 Å². The maximum Gasteiger partial charge on any atom is 0.490 e. The van der Waals surface area contributed by atoms with Crippen LogP contribution in [0.25, 0.3) is 0 Å². The summed E-state index contributed by atoms with van der Waals surface area (Å²) in [6, 6.07) is 0. The van der Waals surface area contributed by atoms with Gasteiger partial charge < -0.3 is 24.7 Å². The Labute approximate surface area is 214 Å². The maximum absolute atomic E-state index is 12.1. The summed E-state index contributed by atoms with van der Waals surface area (Å²) in [6.07, 6.45) is -4.19. The second kappa shape index (κ2) is 13.7. The molecule has 1 aromatic rings. The van der Waals surface area contributed by atoms with Crippen LogP contribution in [0, 0.1) is 0 Å². The number of carboxylic acid groups (broad SMARTS) is 2. The zero-order valence-electron chi connectivity index (χ0n) is 21.0. The Kier molecular flexibility index (Phi) is 12.0. The molecule has 0 saturated carbocycles. The molecule has 17 heteroatoms. The standard InChI is InChI=1S/C17H29N5O2.2C2HF3O2/c1-19(2)8-9-22-14-17(24-13-16(22)23)4-6-21(7-5-17)12-15-10-18-20(3)11-15;2*3-2(4,5)1(6)7/h10-11H,4-9,12-14H2,1-3H3;2*(H,6,7). The number of hydrogen-bond acceptors (Lipinski definition) is 7. The topological polar surface area (TPSA) is 128 Å². The molecule has 0 bridgehead atoms. The van der Waals surface area contributed by atoms with E-state index >= 15 is 0 Å². The number of carboxylic acids is 2. The average molecular weight is 563 g/mol. The van der Waals surface area contributed by atoms with Crippen LogP contribution >= 0.6 is 0 Å². The highest BCUT2D eigenvalue weighted by Gasteiger charge is 2.42. The third-order valence-corrected chi connectivity index (χ3v) is 5.57. The number of aryl methyl sites for hydroxylation is 1. The van der Waals surface area contributed by atoms with E-state index in [1.807, 2.05) is 36.9 Å². The van der Waals surface area contributed by atoms with Crippen molar-refractivity contribution >= 4 is 17.8 Å². The van der Waals surface area contributed by atoms with Crippen molar-refractivity contribution < 1.29 is 55.7 Å². The molecule has 0 radical (unpaired) electrons. The Balaban J connectivity index is 0.000000426. The predicted molar refractivity (Wildman–Crippen MR) is 119 cm³/mol. The molecule has 2 aliphatic rings. The van der Waals surface area contributed by atoms with Gasteiger partial charge in [-0.2, -0.15) is 31.4 Å². The number of morpholine rings is 1. The number of carbonyl (C=O) groups is 3. The number of hydrogen-bond donors (Lipinski definition) is 2. The Hall–Kier alpha value is -2.92. The lowest BCUT2D eigenvalue weighted by Crippen LogP contribution is -2.59. The number of piperidine rings is 1. The highest BCUT2D eigenvalue weighted by atomic mass is 19.4. The van der Waals surface area contributed by atoms with Crippen LogP contribution in [-0.4, -0.2) is 124 Å². The molecule has 38 heavy (non-hydrogen) atoms. The van der Waals surface area contributed by atoms with Crippen molar-refractivity contribution in [2.24, 2.45) is 7.05 Å². The van der Waals surface area contributed by atoms with Crippen LogP contribution in [0.5, 0.6) is 0 Å². The summed E-state index contributed by atoms with van der Waals surface area (Å²) < 4.78 is 71.3. The number of alkyl halides is 6. The van der Waals surface area contributed by atoms with E-state index in [1.54, 1.807) is 0 Å². The third-order valence-electron chi connectivity index (χ3n) is 5.57. The highest BCUT2D eigenvalue weighted by molar-refractivity contribution is 5.78. The molecule has 0 atom stereocenters. The minimum atomic E-state index is -5.08. The number of halogens is 6. The van der Waals surface area contributed by atoms with E-state index < -0.39 is 24.3 Å². The first kappa shape index (κ1) is 33.1. The fourth-order valence-electron chi connectivity index (χ4n) is 3.55. The van der Waals surface area contributed by atoms with E-state index in [0.717, 1.165) is 52.1 Å². The van der Waals surface area contributed by atoms with Gasteiger partial charge in [-0.15, -0.1) is 0 Å². The smallest absolute Gasteiger partial charge is 0.475 e. The number of rotatable bonds is 5. The van der Waals surface area contributed by atoms with E-state index in [9.17, 15) is 31.1 Å². The second-order valence-corrected chi connectivity index (χ2v) is 8.99. The molecule has 2 saturated heterocycles. The van der Waals surface area contributed by atoms with Gasteiger partial charge >= 0.3 is 24.3 Å². The number of amides is 1. The molecule has 0 unspecified atom stereocenters. The molecule has 2 N–H and O–H groups in total. The lowest BCUT2D eigenvalue weighted by Gasteiger charge is -2.47. The van der Waals surface area contributed by atoms with Gasteiger partial charge in [-0.25, -0.2) is 9.59 Å². The molecule has 3 heterocycles. The fraction of sp³-hybridized carbons (Fsp3) is 0.714. The molecule has 2 fully saturated rings. The van der Waals surface area contributed by atoms with E-state index in [2.05, 4.69) is 21.1 Å². The molecule has 11 nitrogen and oxygen atoms in total. The summed E-state index contributed by atoms with van der Waals surface area (Å²) in [5.74, 6) is -5.39. The van der Waals surface area contributed by atoms with Gasteiger partial charge in [0.2, 0.25) is 5.91 Å². The normalized spacial score (nSPS) is 17.9. The Bertz CT molecular complexity index is 904. The number of aromatic nitrogens is 2. The molecule has 1 spiro atoms. The summed E-state index contributed by atoms with van der Waals surface area (Å²) in [7, 11) is 6.03. The number of likely N-dealkylation sites (tertiary alicyclic amines) is 1. The van der Waals surface area contributed by atoms with Crippen LogP contribution < -0.4 is 0 Å². The van der Waals surface area contributed by atoms with Gasteiger partial charge in [0.15, 0.2) is 0 Å². The summed E-state index contributed by atoms with van der Waals surface area (Å²) >= 11 is 0. The Morgan fingerprint density at radius 3 is 1.97 bits per heavy atom. The highest BCUT2D eigenvalue weighted by Crippen LogP contribution is 2.31. The molecule has 2 aliphatic heterocycles. The van der Waals surface area contributed by atoms with E-state index in [0.29, 0.717) is 0 Å². The first-order valence-corrected chi connectivity index (χ1v) is 11.2. The number of carbonyl (C=O) groups excluding carboxylic acids is 1. The van der Waals surface area contributed by atoms with Crippen LogP contribution in [0.1, 0.15) is 18.4 Å². The predicted octanol–water partition coefficient (Wildman–Crippen LogP) is 1.44. The van der Waals surface area contributed by atoms with Crippen molar-refractivity contribution in [3.8, 4) is 0 Å². The molecule has 1 aromatic heterocycles. The maximum atomic E-state index is 12.1. The van der Waals surface area contributed by atoms with Crippen molar-refractivity contribution in [3.05, 3.63) is 18.0 Å². The van der Waals surface area contributed by atoms with Crippen molar-refractivity contribution in [3.63, 3.8) is 0 Å². The molecule has 0 aromatic carbocycles. The number of ether oxygens (including phenoxy) is 1. The minimum absolute atomic E-state index is 0.125. The van der Waals surface area contributed by atoms with E-state index in [4.69, 9.17) is 24.5 Å². The molecule has 0 aliphatic carbocycles. The van der Waals surface area contributed by atoms with Crippen molar-refractivity contribution in [1.82, 2.24) is 24.5 Å². The minimum Gasteiger partial charge on any atom is -0.475 e. The Morgan fingerprint density at radius 1 is 1.08 bits per heavy atom. The van der Waals surface area contributed by atoms with Gasteiger partial charge in [-0.1, -0.05) is 0 Å². The van der Waals surface area contributed by atoms with Gasteiger partial charge in [0.1, 0.15) is 6.61 Å². The molecular formula is C21H31F6N5O6. The zero-order chi connectivity index (χ0) is 29.3. The van der Waals surface area contributed by atoms with Gasteiger partial charge in [-0.3, -0.25) is 14.4 Å².